The number of para-hydroxylation sites is 1. The molecule has 0 fully saturated rings. The molecule has 2 aromatic carbocycles. The van der Waals surface area contributed by atoms with E-state index in [4.69, 9.17) is 4.74 Å². The summed E-state index contributed by atoms with van der Waals surface area (Å²) in [6, 6.07) is 11.8. The number of carbonyl (C=O) groups is 1. The first-order chi connectivity index (χ1) is 10.1. The van der Waals surface area contributed by atoms with Gasteiger partial charge in [0.15, 0.2) is 5.78 Å². The zero-order valence-corrected chi connectivity index (χ0v) is 11.2. The highest BCUT2D eigenvalue weighted by molar-refractivity contribution is 5.98. The lowest BCUT2D eigenvalue weighted by Gasteiger charge is -2.04. The number of hydrogen-bond acceptors (Lipinski definition) is 4. The number of fused-ring (bicyclic) bond motifs is 1. The highest BCUT2D eigenvalue weighted by Gasteiger charge is 2.18. The Hall–Kier alpha value is -2.53. The van der Waals surface area contributed by atoms with Gasteiger partial charge >= 0.3 is 0 Å². The van der Waals surface area contributed by atoms with Gasteiger partial charge in [-0.15, -0.1) is 0 Å². The van der Waals surface area contributed by atoms with Crippen LogP contribution in [0.1, 0.15) is 27.0 Å². The minimum Gasteiger partial charge on any atom is -0.372 e. The molecule has 0 spiro atoms. The Bertz CT molecular complexity index is 724. The summed E-state index contributed by atoms with van der Waals surface area (Å²) in [4.78, 5) is 22.8. The van der Waals surface area contributed by atoms with Crippen LogP contribution < -0.4 is 0 Å². The molecule has 0 radical (unpaired) electrons. The number of nitro groups is 1. The summed E-state index contributed by atoms with van der Waals surface area (Å²) >= 11 is 0. The molecule has 0 saturated carbocycles. The van der Waals surface area contributed by atoms with Gasteiger partial charge < -0.3 is 4.74 Å². The Morgan fingerprint density at radius 1 is 1.14 bits per heavy atom. The minimum absolute atomic E-state index is 0.0182. The van der Waals surface area contributed by atoms with Crippen LogP contribution in [-0.4, -0.2) is 10.7 Å². The lowest BCUT2D eigenvalue weighted by molar-refractivity contribution is -0.385. The van der Waals surface area contributed by atoms with Crippen LogP contribution in [0.25, 0.3) is 0 Å². The van der Waals surface area contributed by atoms with Crippen molar-refractivity contribution in [1.82, 2.24) is 0 Å². The number of Topliss-reactive ketones (excluding diaryl/α,β-unsaturated/α-hetero) is 1. The van der Waals surface area contributed by atoms with Crippen molar-refractivity contribution >= 4 is 11.5 Å². The first kappa shape index (κ1) is 13.5. The van der Waals surface area contributed by atoms with Gasteiger partial charge in [0.1, 0.15) is 0 Å². The van der Waals surface area contributed by atoms with E-state index in [0.29, 0.717) is 24.3 Å². The van der Waals surface area contributed by atoms with Crippen LogP contribution in [0.5, 0.6) is 0 Å². The fraction of sp³-hybridized carbons (Fsp3) is 0.188. The van der Waals surface area contributed by atoms with Crippen molar-refractivity contribution in [1.29, 1.82) is 0 Å². The van der Waals surface area contributed by atoms with Crippen molar-refractivity contribution in [3.63, 3.8) is 0 Å². The molecule has 0 unspecified atom stereocenters. The maximum absolute atomic E-state index is 12.3. The van der Waals surface area contributed by atoms with Crippen LogP contribution in [0.3, 0.4) is 0 Å². The van der Waals surface area contributed by atoms with Gasteiger partial charge in [-0.1, -0.05) is 30.3 Å². The number of ketones is 1. The lowest BCUT2D eigenvalue weighted by atomic mass is 9.98. The third kappa shape index (κ3) is 2.68. The normalized spacial score (nSPS) is 13.0. The van der Waals surface area contributed by atoms with Gasteiger partial charge in [0.2, 0.25) is 0 Å². The van der Waals surface area contributed by atoms with Crippen molar-refractivity contribution in [2.24, 2.45) is 0 Å². The molecular formula is C16H13NO4. The predicted octanol–water partition coefficient (Wildman–Crippen LogP) is 3.05. The molecule has 3 rings (SSSR count). The van der Waals surface area contributed by atoms with Gasteiger partial charge in [-0.2, -0.15) is 0 Å². The molecule has 0 aliphatic carbocycles. The molecular weight excluding hydrogens is 270 g/mol. The van der Waals surface area contributed by atoms with E-state index in [1.807, 2.05) is 12.1 Å². The molecule has 2 aromatic rings. The van der Waals surface area contributed by atoms with Gasteiger partial charge in [0.05, 0.1) is 18.1 Å². The molecule has 1 aliphatic rings. The number of ether oxygens (including phenoxy) is 1. The largest absolute Gasteiger partial charge is 0.372 e. The van der Waals surface area contributed by atoms with Gasteiger partial charge in [0.25, 0.3) is 5.69 Å². The lowest BCUT2D eigenvalue weighted by Crippen LogP contribution is -2.06. The molecule has 106 valence electrons. The van der Waals surface area contributed by atoms with E-state index in [1.165, 1.54) is 6.07 Å². The van der Waals surface area contributed by atoms with Crippen LogP contribution in [0.2, 0.25) is 0 Å². The van der Waals surface area contributed by atoms with Crippen LogP contribution in [0, 0.1) is 10.1 Å². The quantitative estimate of drug-likeness (QED) is 0.491. The summed E-state index contributed by atoms with van der Waals surface area (Å²) in [7, 11) is 0. The summed E-state index contributed by atoms with van der Waals surface area (Å²) in [5, 5.41) is 11.0. The molecule has 5 heteroatoms. The third-order valence-electron chi connectivity index (χ3n) is 3.58. The maximum Gasteiger partial charge on any atom is 0.273 e. The van der Waals surface area contributed by atoms with Crippen LogP contribution in [0.4, 0.5) is 5.69 Å². The Morgan fingerprint density at radius 3 is 2.71 bits per heavy atom. The van der Waals surface area contributed by atoms with Crippen LogP contribution in [-0.2, 0) is 24.4 Å². The molecule has 1 heterocycles. The topological polar surface area (TPSA) is 69.4 Å². The van der Waals surface area contributed by atoms with Crippen molar-refractivity contribution in [3.05, 3.63) is 74.8 Å². The second kappa shape index (κ2) is 5.46. The Balaban J connectivity index is 1.85. The number of rotatable bonds is 4. The molecule has 5 nitrogen and oxygen atoms in total. The summed E-state index contributed by atoms with van der Waals surface area (Å²) in [6.45, 7) is 1.09. The number of nitrogens with zero attached hydrogens (tertiary/aromatic N) is 1. The van der Waals surface area contributed by atoms with Crippen molar-refractivity contribution in [3.8, 4) is 0 Å². The van der Waals surface area contributed by atoms with Gasteiger partial charge in [-0.3, -0.25) is 14.9 Å². The van der Waals surface area contributed by atoms with Crippen LogP contribution in [0.15, 0.2) is 42.5 Å². The average molecular weight is 283 g/mol. The molecule has 0 N–H and O–H groups in total. The van der Waals surface area contributed by atoms with Crippen molar-refractivity contribution < 1.29 is 14.5 Å². The zero-order valence-electron chi connectivity index (χ0n) is 11.2. The number of benzene rings is 2. The standard InChI is InChI=1S/C16H13NO4/c18-16(8-11-3-1-2-4-15(11)17(19)20)12-5-6-13-9-21-10-14(13)7-12/h1-7H,8-10H2. The first-order valence-electron chi connectivity index (χ1n) is 6.60. The van der Waals surface area contributed by atoms with Gasteiger partial charge in [-0.25, -0.2) is 0 Å². The summed E-state index contributed by atoms with van der Waals surface area (Å²) in [6.07, 6.45) is 0.0246. The van der Waals surface area contributed by atoms with E-state index in [2.05, 4.69) is 0 Å². The van der Waals surface area contributed by atoms with E-state index in [1.54, 1.807) is 24.3 Å². The fourth-order valence-corrected chi connectivity index (χ4v) is 2.46. The predicted molar refractivity (Wildman–Crippen MR) is 76.1 cm³/mol. The Morgan fingerprint density at radius 2 is 1.90 bits per heavy atom. The zero-order chi connectivity index (χ0) is 14.8. The third-order valence-corrected chi connectivity index (χ3v) is 3.58. The summed E-state index contributed by atoms with van der Waals surface area (Å²) < 4.78 is 5.32. The highest BCUT2D eigenvalue weighted by Crippen LogP contribution is 2.23. The molecule has 21 heavy (non-hydrogen) atoms. The average Bonchev–Trinajstić information content (AvgIpc) is 2.94. The van der Waals surface area contributed by atoms with Crippen molar-refractivity contribution in [2.45, 2.75) is 19.6 Å². The smallest absolute Gasteiger partial charge is 0.273 e. The van der Waals surface area contributed by atoms with Crippen molar-refractivity contribution in [2.75, 3.05) is 0 Å². The fourth-order valence-electron chi connectivity index (χ4n) is 2.46. The maximum atomic E-state index is 12.3. The second-order valence-electron chi connectivity index (χ2n) is 4.96. The minimum atomic E-state index is -0.459. The van der Waals surface area contributed by atoms with Crippen LogP contribution >= 0.6 is 0 Å². The monoisotopic (exact) mass is 283 g/mol. The Kier molecular flexibility index (Phi) is 3.50. The molecule has 1 aliphatic heterocycles. The van der Waals surface area contributed by atoms with E-state index >= 15 is 0 Å². The molecule has 0 bridgehead atoms. The SMILES string of the molecule is O=C(Cc1ccccc1[N+](=O)[O-])c1ccc2c(c1)COC2. The molecule has 0 aromatic heterocycles. The van der Waals surface area contributed by atoms with E-state index < -0.39 is 4.92 Å². The Labute approximate surface area is 121 Å². The number of nitro benzene ring substituents is 1. The van der Waals surface area contributed by atoms with Gasteiger partial charge in [-0.05, 0) is 17.2 Å². The molecule has 0 saturated heterocycles. The number of hydrogen-bond donors (Lipinski definition) is 0. The number of carbonyl (C=O) groups excluding carboxylic acids is 1. The summed E-state index contributed by atoms with van der Waals surface area (Å²) in [5.41, 5.74) is 3.10. The molecule has 0 atom stereocenters. The first-order valence-corrected chi connectivity index (χ1v) is 6.60. The van der Waals surface area contributed by atoms with E-state index in [9.17, 15) is 14.9 Å². The summed E-state index contributed by atoms with van der Waals surface area (Å²) in [5.74, 6) is -0.126. The van der Waals surface area contributed by atoms with E-state index in [-0.39, 0.29) is 17.9 Å². The van der Waals surface area contributed by atoms with Gasteiger partial charge in [0, 0.05) is 23.6 Å². The van der Waals surface area contributed by atoms with E-state index in [0.717, 1.165) is 11.1 Å². The highest BCUT2D eigenvalue weighted by atomic mass is 16.6. The molecule has 0 amide bonds. The second-order valence-corrected chi connectivity index (χ2v) is 4.96.